The molecule has 6 saturated carbocycles. The maximum Gasteiger partial charge on any atom is 0.302 e. The molecule has 0 saturated heterocycles. The summed E-state index contributed by atoms with van der Waals surface area (Å²) in [5.74, 6) is 4.59. The molecule has 24 rings (SSSR count). The minimum Gasteiger partial charge on any atom is -0.489 e. The first kappa shape index (κ1) is 87.5. The zero-order chi connectivity index (χ0) is 91.8. The van der Waals surface area contributed by atoms with E-state index in [2.05, 4.69) is 156 Å². The number of aromatic nitrogens is 4. The lowest BCUT2D eigenvalue weighted by Crippen LogP contribution is -2.44. The first-order chi connectivity index (χ1) is 64.2. The summed E-state index contributed by atoms with van der Waals surface area (Å²) in [6.45, 7) is 14.5. The fourth-order valence-corrected chi connectivity index (χ4v) is 27.1. The van der Waals surface area contributed by atoms with E-state index < -0.39 is 0 Å². The number of carbonyl (C=O) groups is 8. The number of pyridine rings is 4. The average Bonchev–Trinajstić information content (AvgIpc) is 1.59. The highest BCUT2D eigenvalue weighted by molar-refractivity contribution is 6.03. The van der Waals surface area contributed by atoms with Crippen molar-refractivity contribution < 1.29 is 71.5 Å². The first-order valence-electron chi connectivity index (χ1n) is 48.1. The van der Waals surface area contributed by atoms with Crippen molar-refractivity contribution in [3.63, 3.8) is 0 Å². The van der Waals surface area contributed by atoms with Gasteiger partial charge < -0.3 is 38.1 Å². The topological polar surface area (TPSA) is 256 Å². The van der Waals surface area contributed by atoms with E-state index in [1.165, 1.54) is 37.5 Å². The molecule has 8 heterocycles. The highest BCUT2D eigenvalue weighted by atomic mass is 16.6. The maximum atomic E-state index is 13.6. The molecule has 20 nitrogen and oxygen atoms in total. The van der Waals surface area contributed by atoms with Crippen LogP contribution in [0.4, 0.5) is 0 Å². The molecule has 4 aromatic carbocycles. The number of fused-ring (bicyclic) bond motifs is 16. The van der Waals surface area contributed by atoms with Crippen LogP contribution in [-0.2, 0) is 71.5 Å². The van der Waals surface area contributed by atoms with Gasteiger partial charge in [0.2, 0.25) is 0 Å². The molecule has 8 aromatic rings. The number of nitrogens with zero attached hydrogens (tertiary/aromatic N) is 5. The van der Waals surface area contributed by atoms with Crippen molar-refractivity contribution in [2.75, 3.05) is 20.6 Å². The summed E-state index contributed by atoms with van der Waals surface area (Å²) in [5, 5.41) is 8.89. The highest BCUT2D eigenvalue weighted by Crippen LogP contribution is 2.67. The van der Waals surface area contributed by atoms with Crippen molar-refractivity contribution >= 4 is 89.9 Å². The summed E-state index contributed by atoms with van der Waals surface area (Å²) in [5.41, 5.74) is 11.5. The monoisotopic (exact) mass is 1780 g/mol. The first-order valence-corrected chi connectivity index (χ1v) is 48.1. The van der Waals surface area contributed by atoms with Crippen LogP contribution in [0.25, 0.3) is 43.1 Å². The van der Waals surface area contributed by atoms with Gasteiger partial charge in [-0.15, -0.1) is 0 Å². The normalized spacial score (nSPS) is 32.8. The molecule has 4 unspecified atom stereocenters. The average molecular weight is 1780 g/mol. The Balaban J connectivity index is 0.000000107. The summed E-state index contributed by atoms with van der Waals surface area (Å²) in [4.78, 5) is 119. The van der Waals surface area contributed by atoms with Crippen molar-refractivity contribution in [1.29, 1.82) is 0 Å². The van der Waals surface area contributed by atoms with Gasteiger partial charge in [-0.1, -0.05) is 113 Å². The van der Waals surface area contributed by atoms with E-state index in [1.54, 1.807) is 12.4 Å². The summed E-state index contributed by atoms with van der Waals surface area (Å²) in [6, 6.07) is 33.7. The number of hydrogen-bond acceptors (Lipinski definition) is 20. The number of benzene rings is 4. The maximum absolute atomic E-state index is 13.6. The highest BCUT2D eigenvalue weighted by Gasteiger charge is 2.64. The van der Waals surface area contributed by atoms with E-state index >= 15 is 0 Å². The quantitative estimate of drug-likeness (QED) is 0.0961. The van der Waals surface area contributed by atoms with Crippen LogP contribution in [0.5, 0.6) is 0 Å². The number of allylic oxidation sites excluding steroid dienone is 14. The van der Waals surface area contributed by atoms with Gasteiger partial charge in [0.05, 0.1) is 22.3 Å². The Hall–Kier alpha value is -12.2. The van der Waals surface area contributed by atoms with E-state index in [0.29, 0.717) is 44.3 Å². The summed E-state index contributed by atoms with van der Waals surface area (Å²) in [7, 11) is 4.10. The summed E-state index contributed by atoms with van der Waals surface area (Å²) < 4.78 is 44.2. The van der Waals surface area contributed by atoms with Crippen LogP contribution in [0.1, 0.15) is 216 Å². The predicted octanol–water partition coefficient (Wildman–Crippen LogP) is 20.6. The van der Waals surface area contributed by atoms with Crippen LogP contribution < -0.4 is 0 Å². The van der Waals surface area contributed by atoms with Crippen molar-refractivity contribution in [3.05, 3.63) is 285 Å². The Morgan fingerprint density at radius 2 is 0.850 bits per heavy atom. The molecule has 4 aromatic heterocycles. The second-order valence-corrected chi connectivity index (χ2v) is 41.4. The molecule has 12 aliphatic carbocycles. The third-order valence-electron chi connectivity index (χ3n) is 33.1. The molecular formula is C113H115N5O15. The predicted molar refractivity (Wildman–Crippen MR) is 504 cm³/mol. The van der Waals surface area contributed by atoms with Gasteiger partial charge in [0.1, 0.15) is 71.5 Å². The Morgan fingerprint density at radius 3 is 1.38 bits per heavy atom. The molecule has 682 valence electrons. The Morgan fingerprint density at radius 1 is 0.414 bits per heavy atom. The third kappa shape index (κ3) is 15.6. The molecule has 0 amide bonds. The molecule has 0 radical (unpaired) electrons. The summed E-state index contributed by atoms with van der Waals surface area (Å²) in [6.07, 6.45) is 45.4. The molecule has 0 spiro atoms. The van der Waals surface area contributed by atoms with E-state index in [9.17, 15) is 38.4 Å². The third-order valence-corrected chi connectivity index (χ3v) is 33.1. The van der Waals surface area contributed by atoms with Gasteiger partial charge in [0, 0.05) is 214 Å². The smallest absolute Gasteiger partial charge is 0.302 e. The summed E-state index contributed by atoms with van der Waals surface area (Å²) >= 11 is 0. The number of rotatable bonds is 9. The molecule has 4 aliphatic heterocycles. The standard InChI is InChI=1S/C29H32N2O3.C28H27NO4.C28H29NO4.C28H27NO4/c1-29-9-7-18-13-22-24(32)11-17(16-31(2)3)12-26(22)34-28(18)23(29)14-25(33)27(29)21-6-4-5-19-15-30-10-8-20(19)21;1-16(30)32-25-14-22-27-19(13-21-23(31)4-3-5-24(21)33-27)8-10-28(22,2)26(25)18-6-7-20-15-29-11-9-17(20)12-18;2*1-16(30)32-25-14-22-27-19(13-21-23(31)4-3-5-24(21)33-27)8-10-28(22,2)26(25)18-7-6-17-9-11-29-15-20(17)12-18/h4-6,8,10,13,15,17,23,27-28H,7,9,11-12,14,16H2,1-3H3;6-13,15,22,25-27H,3-5,14H2,1-2H3;6-7,9,11-13,15,22,25-27H,3-5,8,10,14H2,1-2H3;6-13,15,22,25-27H,3-5,14H2,1-2H3/t17?,23-,27-,28+,29-;3*22-,25?,26-,27+,28-/m0000/s1. The Labute approximate surface area is 775 Å². The molecule has 0 bridgehead atoms. The van der Waals surface area contributed by atoms with Crippen LogP contribution in [0, 0.1) is 51.2 Å². The molecule has 6 fully saturated rings. The van der Waals surface area contributed by atoms with Crippen molar-refractivity contribution in [2.24, 2.45) is 51.2 Å². The van der Waals surface area contributed by atoms with Gasteiger partial charge in [-0.2, -0.15) is 0 Å². The Kier molecular flexibility index (Phi) is 22.6. The van der Waals surface area contributed by atoms with Crippen molar-refractivity contribution in [2.45, 2.75) is 237 Å². The van der Waals surface area contributed by atoms with Gasteiger partial charge in [-0.25, -0.2) is 0 Å². The number of esters is 3. The van der Waals surface area contributed by atoms with Crippen LogP contribution in [0.2, 0.25) is 0 Å². The second kappa shape index (κ2) is 34.4. The van der Waals surface area contributed by atoms with Gasteiger partial charge in [-0.3, -0.25) is 58.3 Å². The fourth-order valence-electron chi connectivity index (χ4n) is 27.1. The minimum absolute atomic E-state index is 0.000713. The lowest BCUT2D eigenvalue weighted by Gasteiger charge is -2.47. The molecule has 133 heavy (non-hydrogen) atoms. The van der Waals surface area contributed by atoms with Crippen molar-refractivity contribution in [1.82, 2.24) is 24.8 Å². The minimum atomic E-state index is -0.262. The van der Waals surface area contributed by atoms with Crippen LogP contribution in [-0.4, -0.2) is 135 Å². The SMILES string of the molecule is CC(=O)OC1C[C@H]2[C@@H]3OC4=C(C=C3C=C[C@]2(C)[C@H]1c1ccc2ccncc2c1)C(=O)CCC4.CC(=O)OC1C[C@H]2[C@@H]3OC4=C(C=C3C=C[C@]2(C)[C@H]1c1ccc2cnccc2c1)C(=O)CCC4.CC(=O)OC1C[C@H]2[C@@H]3OC4=C(C=C3CC[C@]2(C)[C@H]1c1ccc2ccncc2c1)C(=O)CCC4.CN(C)CC1CC(=O)C2=C(C1)O[C@@H]1C(=C2)CC[C@]2(C)[C@@H](c3cccc4cnccc34)C(=O)C[C@@H]12. The molecule has 20 atom stereocenters. The van der Waals surface area contributed by atoms with E-state index in [-0.39, 0.29) is 159 Å². The largest absolute Gasteiger partial charge is 0.489 e. The molecule has 16 aliphatic rings. The lowest BCUT2D eigenvalue weighted by molar-refractivity contribution is -0.148. The lowest BCUT2D eigenvalue weighted by atomic mass is 9.60. The molecule has 0 N–H and O–H groups in total. The van der Waals surface area contributed by atoms with Gasteiger partial charge in [0.15, 0.2) is 23.1 Å². The zero-order valence-corrected chi connectivity index (χ0v) is 77.2. The van der Waals surface area contributed by atoms with E-state index in [0.717, 1.165) is 206 Å². The zero-order valence-electron chi connectivity index (χ0n) is 77.2. The van der Waals surface area contributed by atoms with Crippen LogP contribution >= 0.6 is 0 Å². The van der Waals surface area contributed by atoms with Crippen LogP contribution in [0.15, 0.2) is 263 Å². The molecule has 20 heteroatoms. The van der Waals surface area contributed by atoms with Crippen molar-refractivity contribution in [3.8, 4) is 0 Å². The number of ether oxygens (including phenoxy) is 7. The van der Waals surface area contributed by atoms with Gasteiger partial charge in [0.25, 0.3) is 0 Å². The van der Waals surface area contributed by atoms with E-state index in [1.807, 2.05) is 93.8 Å². The second-order valence-electron chi connectivity index (χ2n) is 41.4. The van der Waals surface area contributed by atoms with E-state index in [4.69, 9.17) is 33.2 Å². The van der Waals surface area contributed by atoms with Gasteiger partial charge >= 0.3 is 17.9 Å². The van der Waals surface area contributed by atoms with Gasteiger partial charge in [-0.05, 0) is 222 Å². The van der Waals surface area contributed by atoms with Crippen LogP contribution in [0.3, 0.4) is 0 Å². The molecular weight excluding hydrogens is 1670 g/mol. The number of Topliss-reactive ketones (excluding diaryl/α,β-unsaturated/α-hetero) is 5. The number of carbonyl (C=O) groups excluding carboxylic acids is 8. The Bertz CT molecular complexity index is 6390. The number of ketones is 5. The number of hydrogen-bond donors (Lipinski definition) is 0. The fraction of sp³-hybridized carbons (Fsp3) is 0.434.